The summed E-state index contributed by atoms with van der Waals surface area (Å²) >= 11 is 0. The average Bonchev–Trinajstić information content (AvgIpc) is 2.18. The first-order valence-electron chi connectivity index (χ1n) is 5.14. The highest BCUT2D eigenvalue weighted by Crippen LogP contribution is 2.35. The number of aliphatic carboxylic acids is 1. The number of amides is 1. The number of benzene rings is 1. The van der Waals surface area contributed by atoms with Crippen molar-refractivity contribution >= 4 is 11.9 Å². The minimum atomic E-state index is -0.983. The minimum Gasteiger partial charge on any atom is -0.480 e. The number of hydrogen-bond donors (Lipinski definition) is 1. The smallest absolute Gasteiger partial charge is 0.323 e. The Kier molecular flexibility index (Phi) is 2.64. The second-order valence-electron chi connectivity index (χ2n) is 4.04. The maximum atomic E-state index is 11.9. The van der Waals surface area contributed by atoms with E-state index in [1.54, 1.807) is 0 Å². The Bertz CT molecular complexity index is 442. The maximum Gasteiger partial charge on any atom is 0.323 e. The van der Waals surface area contributed by atoms with Crippen molar-refractivity contribution in [2.45, 2.75) is 12.3 Å². The average molecular weight is 219 g/mol. The molecule has 0 aliphatic heterocycles. The van der Waals surface area contributed by atoms with E-state index in [2.05, 4.69) is 0 Å². The third kappa shape index (κ3) is 1.78. The van der Waals surface area contributed by atoms with Gasteiger partial charge >= 0.3 is 5.97 Å². The summed E-state index contributed by atoms with van der Waals surface area (Å²) < 4.78 is 0. The number of fused-ring (bicyclic) bond motifs is 1. The minimum absolute atomic E-state index is 0.110. The van der Waals surface area contributed by atoms with E-state index in [0.29, 0.717) is 0 Å². The van der Waals surface area contributed by atoms with Crippen molar-refractivity contribution in [3.8, 4) is 0 Å². The van der Waals surface area contributed by atoms with Crippen molar-refractivity contribution in [3.05, 3.63) is 35.4 Å². The molecule has 0 fully saturated rings. The second-order valence-corrected chi connectivity index (χ2v) is 4.04. The van der Waals surface area contributed by atoms with Crippen LogP contribution in [0.1, 0.15) is 17.0 Å². The van der Waals surface area contributed by atoms with Crippen molar-refractivity contribution in [1.82, 2.24) is 4.90 Å². The number of carboxylic acid groups (broad SMARTS) is 1. The topological polar surface area (TPSA) is 57.6 Å². The number of nitrogens with zero attached hydrogens (tertiary/aromatic N) is 1. The molecule has 0 saturated carbocycles. The monoisotopic (exact) mass is 219 g/mol. The van der Waals surface area contributed by atoms with E-state index in [1.807, 2.05) is 24.3 Å². The highest BCUT2D eigenvalue weighted by molar-refractivity contribution is 5.89. The number of carboxylic acids is 1. The van der Waals surface area contributed by atoms with E-state index in [1.165, 1.54) is 17.5 Å². The third-order valence-corrected chi connectivity index (χ3v) is 2.90. The van der Waals surface area contributed by atoms with Crippen molar-refractivity contribution in [2.24, 2.45) is 0 Å². The summed E-state index contributed by atoms with van der Waals surface area (Å²) in [4.78, 5) is 23.6. The lowest BCUT2D eigenvalue weighted by Gasteiger charge is -2.31. The van der Waals surface area contributed by atoms with Crippen LogP contribution < -0.4 is 0 Å². The van der Waals surface area contributed by atoms with Crippen LogP contribution in [0.25, 0.3) is 0 Å². The molecule has 0 radical (unpaired) electrons. The summed E-state index contributed by atoms with van der Waals surface area (Å²) in [7, 11) is 1.53. The molecular weight excluding hydrogens is 206 g/mol. The molecular formula is C12H13NO3. The van der Waals surface area contributed by atoms with Gasteiger partial charge in [0, 0.05) is 7.05 Å². The van der Waals surface area contributed by atoms with Crippen LogP contribution >= 0.6 is 0 Å². The molecule has 1 aromatic rings. The molecule has 1 amide bonds. The van der Waals surface area contributed by atoms with Gasteiger partial charge in [0.2, 0.25) is 5.91 Å². The lowest BCUT2D eigenvalue weighted by molar-refractivity contribution is -0.144. The first-order valence-corrected chi connectivity index (χ1v) is 5.14. The summed E-state index contributed by atoms with van der Waals surface area (Å²) in [5.74, 6) is -1.25. The zero-order valence-corrected chi connectivity index (χ0v) is 9.01. The van der Waals surface area contributed by atoms with Crippen molar-refractivity contribution in [1.29, 1.82) is 0 Å². The predicted molar refractivity (Wildman–Crippen MR) is 58.2 cm³/mol. The summed E-state index contributed by atoms with van der Waals surface area (Å²) in [6.07, 6.45) is 0.721. The molecule has 0 bridgehead atoms. The van der Waals surface area contributed by atoms with Crippen molar-refractivity contribution < 1.29 is 14.7 Å². The molecule has 1 N–H and O–H groups in total. The lowest BCUT2D eigenvalue weighted by atomic mass is 9.77. The van der Waals surface area contributed by atoms with Crippen molar-refractivity contribution in [3.63, 3.8) is 0 Å². The fraction of sp³-hybridized carbons (Fsp3) is 0.333. The molecule has 1 unspecified atom stereocenters. The molecule has 4 nitrogen and oxygen atoms in total. The van der Waals surface area contributed by atoms with Crippen LogP contribution in [-0.2, 0) is 16.0 Å². The molecule has 1 aliphatic rings. The zero-order valence-electron chi connectivity index (χ0n) is 9.01. The molecule has 1 aromatic carbocycles. The van der Waals surface area contributed by atoms with Gasteiger partial charge in [-0.05, 0) is 17.5 Å². The molecule has 0 saturated heterocycles. The van der Waals surface area contributed by atoms with Gasteiger partial charge in [-0.3, -0.25) is 9.59 Å². The largest absolute Gasteiger partial charge is 0.480 e. The van der Waals surface area contributed by atoms with Gasteiger partial charge < -0.3 is 10.0 Å². The molecule has 0 heterocycles. The SMILES string of the molecule is CN(CC(=O)O)C(=O)C1Cc2ccccc21. The van der Waals surface area contributed by atoms with E-state index < -0.39 is 5.97 Å². The summed E-state index contributed by atoms with van der Waals surface area (Å²) in [5, 5.41) is 8.61. The van der Waals surface area contributed by atoms with Crippen molar-refractivity contribution in [2.75, 3.05) is 13.6 Å². The Balaban J connectivity index is 2.07. The molecule has 0 spiro atoms. The predicted octanol–water partition coefficient (Wildman–Crippen LogP) is 0.869. The third-order valence-electron chi connectivity index (χ3n) is 2.90. The molecule has 2 rings (SSSR count). The zero-order chi connectivity index (χ0) is 11.7. The Labute approximate surface area is 93.5 Å². The maximum absolute atomic E-state index is 11.9. The van der Waals surface area contributed by atoms with Gasteiger partial charge in [0.25, 0.3) is 0 Å². The molecule has 16 heavy (non-hydrogen) atoms. The van der Waals surface area contributed by atoms with Crippen LogP contribution in [0, 0.1) is 0 Å². The number of hydrogen-bond acceptors (Lipinski definition) is 2. The van der Waals surface area contributed by atoms with Gasteiger partial charge in [-0.15, -0.1) is 0 Å². The van der Waals surface area contributed by atoms with Crippen LogP contribution in [0.2, 0.25) is 0 Å². The second kappa shape index (κ2) is 3.96. The molecule has 1 atom stereocenters. The fourth-order valence-electron chi connectivity index (χ4n) is 2.03. The van der Waals surface area contributed by atoms with Gasteiger partial charge in [0.15, 0.2) is 0 Å². The van der Waals surface area contributed by atoms with Crippen LogP contribution in [0.5, 0.6) is 0 Å². The Hall–Kier alpha value is -1.84. The molecule has 0 aromatic heterocycles. The first-order chi connectivity index (χ1) is 7.59. The quantitative estimate of drug-likeness (QED) is 0.820. The summed E-state index contributed by atoms with van der Waals surface area (Å²) in [5.41, 5.74) is 2.22. The standard InChI is InChI=1S/C12H13NO3/c1-13(7-11(14)15)12(16)10-6-8-4-2-3-5-9(8)10/h2-5,10H,6-7H2,1H3,(H,14,15). The van der Waals surface area contributed by atoms with Crippen LogP contribution in [0.4, 0.5) is 0 Å². The Morgan fingerprint density at radius 3 is 2.75 bits per heavy atom. The van der Waals surface area contributed by atoms with Gasteiger partial charge in [-0.2, -0.15) is 0 Å². The van der Waals surface area contributed by atoms with E-state index in [0.717, 1.165) is 12.0 Å². The molecule has 4 heteroatoms. The van der Waals surface area contributed by atoms with Crippen LogP contribution in [0.15, 0.2) is 24.3 Å². The van der Waals surface area contributed by atoms with E-state index >= 15 is 0 Å². The fourth-order valence-corrected chi connectivity index (χ4v) is 2.03. The van der Waals surface area contributed by atoms with E-state index in [9.17, 15) is 9.59 Å². The summed E-state index contributed by atoms with van der Waals surface area (Å²) in [6, 6.07) is 7.77. The van der Waals surface area contributed by atoms with Gasteiger partial charge in [-0.1, -0.05) is 24.3 Å². The van der Waals surface area contributed by atoms with Gasteiger partial charge in [0.05, 0.1) is 5.92 Å². The molecule has 1 aliphatic carbocycles. The number of carbonyl (C=O) groups is 2. The number of rotatable bonds is 3. The van der Waals surface area contributed by atoms with Gasteiger partial charge in [0.1, 0.15) is 6.54 Å². The number of likely N-dealkylation sites (N-methyl/N-ethyl adjacent to an activating group) is 1. The normalized spacial score (nSPS) is 17.2. The summed E-state index contributed by atoms with van der Waals surface area (Å²) in [6.45, 7) is -0.239. The van der Waals surface area contributed by atoms with Crippen LogP contribution in [0.3, 0.4) is 0 Å². The van der Waals surface area contributed by atoms with Gasteiger partial charge in [-0.25, -0.2) is 0 Å². The highest BCUT2D eigenvalue weighted by Gasteiger charge is 2.33. The first kappa shape index (κ1) is 10.7. The van der Waals surface area contributed by atoms with E-state index in [4.69, 9.17) is 5.11 Å². The molecule has 84 valence electrons. The van der Waals surface area contributed by atoms with Crippen LogP contribution in [-0.4, -0.2) is 35.5 Å². The Morgan fingerprint density at radius 2 is 2.12 bits per heavy atom. The van der Waals surface area contributed by atoms with E-state index in [-0.39, 0.29) is 18.4 Å². The highest BCUT2D eigenvalue weighted by atomic mass is 16.4. The Morgan fingerprint density at radius 1 is 1.44 bits per heavy atom. The number of carbonyl (C=O) groups excluding carboxylic acids is 1. The lowest BCUT2D eigenvalue weighted by Crippen LogP contribution is -2.39.